The summed E-state index contributed by atoms with van der Waals surface area (Å²) >= 11 is 6.68. The fraction of sp³-hybridized carbons (Fsp3) is 0.679. The molecular formula is C56H76ClF6N9O6. The summed E-state index contributed by atoms with van der Waals surface area (Å²) in [6, 6.07) is 7.94. The summed E-state index contributed by atoms with van der Waals surface area (Å²) in [6.07, 6.45) is -7.09. The van der Waals surface area contributed by atoms with Crippen LogP contribution in [0.4, 0.5) is 32.0 Å². The lowest BCUT2D eigenvalue weighted by atomic mass is 9.64. The lowest BCUT2D eigenvalue weighted by Gasteiger charge is -2.48. The zero-order chi connectivity index (χ0) is 56.4. The topological polar surface area (TPSA) is 158 Å². The zero-order valence-electron chi connectivity index (χ0n) is 45.4. The Bertz CT molecular complexity index is 2500. The minimum Gasteiger partial charge on any atom is -0.369 e. The molecule has 0 radical (unpaired) electrons. The Kier molecular flexibility index (Phi) is 18.4. The van der Waals surface area contributed by atoms with Gasteiger partial charge in [0, 0.05) is 109 Å². The van der Waals surface area contributed by atoms with E-state index in [4.69, 9.17) is 11.6 Å². The number of likely N-dealkylation sites (tertiary alicyclic amines) is 1. The molecule has 0 spiro atoms. The van der Waals surface area contributed by atoms with Crippen LogP contribution < -0.4 is 20.9 Å². The number of anilines is 1. The number of carbonyl (C=O) groups is 6. The van der Waals surface area contributed by atoms with Gasteiger partial charge in [-0.3, -0.25) is 33.7 Å². The smallest absolute Gasteiger partial charge is 0.369 e. The van der Waals surface area contributed by atoms with E-state index in [-0.39, 0.29) is 31.1 Å². The van der Waals surface area contributed by atoms with Gasteiger partial charge in [-0.2, -0.15) is 13.2 Å². The highest BCUT2D eigenvalue weighted by Gasteiger charge is 2.75. The Balaban J connectivity index is 1.00. The highest BCUT2D eigenvalue weighted by molar-refractivity contribution is 6.30. The summed E-state index contributed by atoms with van der Waals surface area (Å²) < 4.78 is 85.8. The molecule has 6 aliphatic rings. The van der Waals surface area contributed by atoms with E-state index in [1.54, 1.807) is 25.1 Å². The number of hydrogen-bond acceptors (Lipinski definition) is 9. The molecule has 2 aromatic rings. The molecule has 3 N–H and O–H groups in total. The summed E-state index contributed by atoms with van der Waals surface area (Å²) in [5, 5.41) is 9.30. The van der Waals surface area contributed by atoms with Gasteiger partial charge >= 0.3 is 6.18 Å². The average Bonchev–Trinajstić information content (AvgIpc) is 4.15. The number of nitrogens with one attached hydrogen (secondary N) is 3. The monoisotopic (exact) mass is 1120 g/mol. The first-order valence-electron chi connectivity index (χ1n) is 27.8. The summed E-state index contributed by atoms with van der Waals surface area (Å²) in [7, 11) is 4.66. The van der Waals surface area contributed by atoms with Crippen LogP contribution >= 0.6 is 11.6 Å². The molecule has 6 amide bonds. The predicted octanol–water partition coefficient (Wildman–Crippen LogP) is 6.45. The van der Waals surface area contributed by atoms with E-state index >= 15 is 4.79 Å². The summed E-state index contributed by atoms with van der Waals surface area (Å²) in [6.45, 7) is 9.14. The standard InChI is InChI=1S/C56H76ClF6N9O6/c1-34(2)25-43-50(75)69(5)46(27-37-26-38(57)16-19-42(37)35-14-17-40(18-15-35)70-21-23-71(24-22-70)41-29-64-30-41)51(76)67(3)20-10-8-6-7-9-11-44(48(73)65-43)68(4)52(77)47(36-12-13-36)66-49(74)45-28-39(58)31-72(45)53(78)54(56(61,62)63)32-55(59,60)33-54/h14-19,26,34,36,39,41,43-47,64H,6-13,20-25,27-33H2,1-5H3,(H,65,73)(H,66,74)/t39-,43+,44+,45+,46+,47+/m1/s1. The van der Waals surface area contributed by atoms with E-state index in [0.717, 1.165) is 74.5 Å². The first-order valence-corrected chi connectivity index (χ1v) is 28.1. The summed E-state index contributed by atoms with van der Waals surface area (Å²) in [4.78, 5) is 96.1. The van der Waals surface area contributed by atoms with Crippen molar-refractivity contribution in [2.45, 2.75) is 152 Å². The molecule has 2 aliphatic carbocycles. The van der Waals surface area contributed by atoms with Crippen molar-refractivity contribution in [3.05, 3.63) is 53.1 Å². The SMILES string of the molecule is CC(C)C[C@@H]1NC(=O)[C@@H](N(C)C(=O)[C@@H](NC(=O)[C@@H]2C[C@@H](F)CN2C(=O)C2(C(F)(F)F)CC(F)(F)C2)C2CC2)CCCCCCCN(C)C(=O)[C@H](Cc2cc(Cl)ccc2-c2ccc(N3CCN(C4CNC4)CC3)cc2)N(C)C1=O. The van der Waals surface area contributed by atoms with E-state index in [0.29, 0.717) is 54.6 Å². The van der Waals surface area contributed by atoms with Crippen molar-refractivity contribution in [3.8, 4) is 11.1 Å². The molecule has 6 fully saturated rings. The number of hydrogen-bond donors (Lipinski definition) is 3. The number of benzene rings is 2. The normalized spacial score (nSPS) is 26.5. The van der Waals surface area contributed by atoms with E-state index in [1.807, 2.05) is 26.0 Å². The number of alkyl halides is 6. The van der Waals surface area contributed by atoms with E-state index in [1.165, 1.54) is 16.8 Å². The maximum atomic E-state index is 15.0. The van der Waals surface area contributed by atoms with E-state index in [9.17, 15) is 50.3 Å². The van der Waals surface area contributed by atoms with Gasteiger partial charge in [0.1, 0.15) is 36.4 Å². The molecule has 2 aromatic carbocycles. The van der Waals surface area contributed by atoms with Crippen molar-refractivity contribution in [1.82, 2.24) is 40.4 Å². The Morgan fingerprint density at radius 2 is 1.53 bits per heavy atom. The molecule has 430 valence electrons. The van der Waals surface area contributed by atoms with Gasteiger partial charge in [-0.25, -0.2) is 13.2 Å². The van der Waals surface area contributed by atoms with E-state index in [2.05, 4.69) is 50.0 Å². The molecule has 0 bridgehead atoms. The Morgan fingerprint density at radius 1 is 0.872 bits per heavy atom. The minimum atomic E-state index is -5.40. The lowest BCUT2D eigenvalue weighted by molar-refractivity contribution is -0.299. The van der Waals surface area contributed by atoms with Gasteiger partial charge in [-0.15, -0.1) is 0 Å². The number of likely N-dealkylation sites (N-methyl/N-ethyl adjacent to an activating group) is 3. The molecule has 6 atom stereocenters. The van der Waals surface area contributed by atoms with Crippen molar-refractivity contribution in [3.63, 3.8) is 0 Å². The van der Waals surface area contributed by atoms with Crippen molar-refractivity contribution < 1.29 is 55.1 Å². The fourth-order valence-electron chi connectivity index (χ4n) is 12.1. The van der Waals surface area contributed by atoms with Crippen LogP contribution in [0, 0.1) is 17.3 Å². The lowest BCUT2D eigenvalue weighted by Crippen LogP contribution is -2.65. The summed E-state index contributed by atoms with van der Waals surface area (Å²) in [5.74, 6) is -9.51. The van der Waals surface area contributed by atoms with Gasteiger partial charge in [-0.05, 0) is 84.9 Å². The van der Waals surface area contributed by atoms with Crippen molar-refractivity contribution in [2.24, 2.45) is 17.3 Å². The van der Waals surface area contributed by atoms with Crippen LogP contribution in [0.15, 0.2) is 42.5 Å². The molecule has 8 rings (SSSR count). The van der Waals surface area contributed by atoms with Crippen LogP contribution in [0.2, 0.25) is 5.02 Å². The molecule has 22 heteroatoms. The Morgan fingerprint density at radius 3 is 2.13 bits per heavy atom. The number of halogens is 7. The number of carbonyl (C=O) groups excluding carboxylic acids is 6. The molecule has 2 saturated carbocycles. The van der Waals surface area contributed by atoms with E-state index < -0.39 is 115 Å². The zero-order valence-corrected chi connectivity index (χ0v) is 46.1. The molecule has 4 heterocycles. The maximum absolute atomic E-state index is 15.0. The highest BCUT2D eigenvalue weighted by atomic mass is 35.5. The molecule has 78 heavy (non-hydrogen) atoms. The maximum Gasteiger partial charge on any atom is 0.403 e. The number of piperazine rings is 1. The third kappa shape index (κ3) is 13.2. The second-order valence-corrected chi connectivity index (χ2v) is 23.7. The van der Waals surface area contributed by atoms with Gasteiger partial charge < -0.3 is 40.4 Å². The summed E-state index contributed by atoms with van der Waals surface area (Å²) in [5.41, 5.74) is 0.116. The van der Waals surface area contributed by atoms with Crippen LogP contribution in [-0.4, -0.2) is 188 Å². The van der Waals surface area contributed by atoms with Crippen molar-refractivity contribution in [2.75, 3.05) is 78.4 Å². The molecule has 4 aliphatic heterocycles. The molecule has 0 aromatic heterocycles. The highest BCUT2D eigenvalue weighted by Crippen LogP contribution is 2.61. The van der Waals surface area contributed by atoms with Crippen LogP contribution in [0.1, 0.15) is 96.5 Å². The van der Waals surface area contributed by atoms with Crippen LogP contribution in [0.25, 0.3) is 11.1 Å². The Labute approximate surface area is 458 Å². The fourth-order valence-corrected chi connectivity index (χ4v) is 12.2. The molecule has 15 nitrogen and oxygen atoms in total. The first kappa shape index (κ1) is 59.0. The third-order valence-corrected chi connectivity index (χ3v) is 17.3. The molecular weight excluding hydrogens is 1040 g/mol. The Hall–Kier alpha value is -5.15. The van der Waals surface area contributed by atoms with Crippen LogP contribution in [0.3, 0.4) is 0 Å². The third-order valence-electron chi connectivity index (χ3n) is 17.0. The number of rotatable bonds is 13. The minimum absolute atomic E-state index is 0.0927. The van der Waals surface area contributed by atoms with Crippen molar-refractivity contribution in [1.29, 1.82) is 0 Å². The van der Waals surface area contributed by atoms with Crippen LogP contribution in [-0.2, 0) is 35.2 Å². The first-order chi connectivity index (χ1) is 36.9. The van der Waals surface area contributed by atoms with Crippen molar-refractivity contribution >= 4 is 52.7 Å². The molecule has 4 saturated heterocycles. The van der Waals surface area contributed by atoms with Gasteiger partial charge in [0.15, 0.2) is 5.41 Å². The molecule has 0 unspecified atom stereocenters. The quantitative estimate of drug-likeness (QED) is 0.192. The second kappa shape index (κ2) is 24.3. The number of amides is 6. The largest absolute Gasteiger partial charge is 0.403 e. The van der Waals surface area contributed by atoms with Gasteiger partial charge in [0.05, 0.1) is 6.54 Å². The van der Waals surface area contributed by atoms with Gasteiger partial charge in [0.25, 0.3) is 5.92 Å². The second-order valence-electron chi connectivity index (χ2n) is 23.2. The van der Waals surface area contributed by atoms with Gasteiger partial charge in [-0.1, -0.05) is 69.3 Å². The average molecular weight is 1120 g/mol. The van der Waals surface area contributed by atoms with Gasteiger partial charge in [0.2, 0.25) is 35.4 Å². The number of nitrogens with zero attached hydrogens (tertiary/aromatic N) is 6. The predicted molar refractivity (Wildman–Crippen MR) is 283 cm³/mol. The van der Waals surface area contributed by atoms with Crippen LogP contribution in [0.5, 0.6) is 0 Å².